The summed E-state index contributed by atoms with van der Waals surface area (Å²) in [6.45, 7) is 6.38. The fourth-order valence-corrected chi connectivity index (χ4v) is 2.35. The van der Waals surface area contributed by atoms with Crippen molar-refractivity contribution in [3.8, 4) is 17.2 Å². The third-order valence-electron chi connectivity index (χ3n) is 3.31. The van der Waals surface area contributed by atoms with Gasteiger partial charge in [-0.2, -0.15) is 0 Å². The molecule has 24 heavy (non-hydrogen) atoms. The van der Waals surface area contributed by atoms with Crippen molar-refractivity contribution in [2.45, 2.75) is 39.7 Å². The molecule has 0 fully saturated rings. The van der Waals surface area contributed by atoms with E-state index in [1.54, 1.807) is 12.1 Å². The Labute approximate surface area is 141 Å². The molecule has 2 rings (SSSR count). The number of methoxy groups -OCH3 is 1. The van der Waals surface area contributed by atoms with Crippen LogP contribution in [0.3, 0.4) is 0 Å². The van der Waals surface area contributed by atoms with Crippen LogP contribution in [0.15, 0.2) is 39.6 Å². The Bertz CT molecular complexity index is 758. The van der Waals surface area contributed by atoms with Crippen LogP contribution in [0.25, 0.3) is 11.0 Å². The van der Waals surface area contributed by atoms with E-state index in [-0.39, 0.29) is 11.9 Å². The Morgan fingerprint density at radius 1 is 1.21 bits per heavy atom. The van der Waals surface area contributed by atoms with Gasteiger partial charge in [-0.05, 0) is 38.8 Å². The van der Waals surface area contributed by atoms with Crippen LogP contribution < -0.4 is 19.8 Å². The van der Waals surface area contributed by atoms with Gasteiger partial charge in [-0.25, -0.2) is 4.79 Å². The lowest BCUT2D eigenvalue weighted by atomic mass is 10.2. The molecule has 1 heterocycles. The van der Waals surface area contributed by atoms with E-state index < -0.39 is 5.63 Å². The summed E-state index contributed by atoms with van der Waals surface area (Å²) in [6, 6.07) is 5.32. The van der Waals surface area contributed by atoms with E-state index in [1.807, 2.05) is 26.0 Å². The van der Waals surface area contributed by atoms with Crippen LogP contribution in [0.2, 0.25) is 0 Å². The monoisotopic (exact) mass is 332 g/mol. The molecule has 5 heteroatoms. The van der Waals surface area contributed by atoms with E-state index in [0.29, 0.717) is 29.1 Å². The summed E-state index contributed by atoms with van der Waals surface area (Å²) in [5.41, 5.74) is -0.149. The molecule has 1 aromatic heterocycles. The molecule has 1 aromatic carbocycles. The van der Waals surface area contributed by atoms with Crippen molar-refractivity contribution in [2.75, 3.05) is 13.7 Å². The second-order valence-corrected chi connectivity index (χ2v) is 5.56. The summed E-state index contributed by atoms with van der Waals surface area (Å²) < 4.78 is 22.3. The van der Waals surface area contributed by atoms with E-state index in [0.717, 1.165) is 12.8 Å². The average Bonchev–Trinajstić information content (AvgIpc) is 2.53. The summed E-state index contributed by atoms with van der Waals surface area (Å²) in [5.74, 6) is 1.02. The minimum Gasteiger partial charge on any atom is -0.490 e. The minimum absolute atomic E-state index is 0.0196. The van der Waals surface area contributed by atoms with Crippen LogP contribution in [0.5, 0.6) is 17.2 Å². The lowest BCUT2D eigenvalue weighted by molar-refractivity contribution is 0.243. The van der Waals surface area contributed by atoms with Gasteiger partial charge in [0, 0.05) is 0 Å². The molecule has 0 N–H and O–H groups in total. The summed E-state index contributed by atoms with van der Waals surface area (Å²) in [6.07, 6.45) is 5.82. The van der Waals surface area contributed by atoms with Crippen molar-refractivity contribution in [3.63, 3.8) is 0 Å². The molecular formula is C19H24O5. The van der Waals surface area contributed by atoms with Crippen LogP contribution in [0.4, 0.5) is 0 Å². The van der Waals surface area contributed by atoms with Crippen LogP contribution in [-0.2, 0) is 0 Å². The van der Waals surface area contributed by atoms with Gasteiger partial charge in [-0.3, -0.25) is 0 Å². The van der Waals surface area contributed by atoms with Gasteiger partial charge < -0.3 is 18.6 Å². The van der Waals surface area contributed by atoms with Gasteiger partial charge in [-0.1, -0.05) is 25.1 Å². The summed E-state index contributed by atoms with van der Waals surface area (Å²) in [4.78, 5) is 12.1. The molecule has 0 amide bonds. The molecular weight excluding hydrogens is 308 g/mol. The van der Waals surface area contributed by atoms with Gasteiger partial charge in [-0.15, -0.1) is 0 Å². The highest BCUT2D eigenvalue weighted by Gasteiger charge is 2.20. The van der Waals surface area contributed by atoms with Crippen LogP contribution >= 0.6 is 0 Å². The van der Waals surface area contributed by atoms with Gasteiger partial charge in [0.1, 0.15) is 16.7 Å². The molecule has 130 valence electrons. The molecule has 0 aliphatic rings. The van der Waals surface area contributed by atoms with Crippen LogP contribution in [0.1, 0.15) is 33.6 Å². The van der Waals surface area contributed by atoms with Gasteiger partial charge >= 0.3 is 5.63 Å². The zero-order chi connectivity index (χ0) is 17.5. The van der Waals surface area contributed by atoms with E-state index >= 15 is 0 Å². The summed E-state index contributed by atoms with van der Waals surface area (Å²) in [7, 11) is 1.42. The zero-order valence-electron chi connectivity index (χ0n) is 14.6. The first kappa shape index (κ1) is 17.9. The predicted molar refractivity (Wildman–Crippen MR) is 94.3 cm³/mol. The zero-order valence-corrected chi connectivity index (χ0v) is 14.6. The minimum atomic E-state index is -0.564. The summed E-state index contributed by atoms with van der Waals surface area (Å²) >= 11 is 0. The number of hydrogen-bond acceptors (Lipinski definition) is 5. The Morgan fingerprint density at radius 3 is 2.67 bits per heavy atom. The van der Waals surface area contributed by atoms with Crippen molar-refractivity contribution >= 4 is 11.0 Å². The molecule has 0 radical (unpaired) electrons. The van der Waals surface area contributed by atoms with E-state index in [1.165, 1.54) is 7.11 Å². The fraction of sp³-hybridized carbons (Fsp3) is 0.421. The SMILES string of the molecule is CCC=CCCOc1c(OC)c(=O)oc2cccc(OC(C)C)c12. The first-order chi connectivity index (χ1) is 11.6. The fourth-order valence-electron chi connectivity index (χ4n) is 2.35. The molecule has 0 bridgehead atoms. The lowest BCUT2D eigenvalue weighted by Crippen LogP contribution is -2.11. The molecule has 0 spiro atoms. The van der Waals surface area contributed by atoms with Crippen LogP contribution in [-0.4, -0.2) is 19.8 Å². The van der Waals surface area contributed by atoms with Crippen molar-refractivity contribution < 1.29 is 18.6 Å². The highest BCUT2D eigenvalue weighted by atomic mass is 16.5. The van der Waals surface area contributed by atoms with Crippen molar-refractivity contribution in [1.29, 1.82) is 0 Å². The first-order valence-corrected chi connectivity index (χ1v) is 8.16. The van der Waals surface area contributed by atoms with Crippen LogP contribution in [0, 0.1) is 0 Å². The maximum Gasteiger partial charge on any atom is 0.383 e. The predicted octanol–water partition coefficient (Wildman–Crippen LogP) is 4.32. The molecule has 2 aromatic rings. The normalized spacial score (nSPS) is 11.4. The second-order valence-electron chi connectivity index (χ2n) is 5.56. The van der Waals surface area contributed by atoms with Gasteiger partial charge in [0.05, 0.1) is 19.8 Å². The number of rotatable bonds is 8. The standard InChI is InChI=1S/C19H24O5/c1-5-6-7-8-12-22-17-16-14(23-13(2)3)10-9-11-15(16)24-19(20)18(17)21-4/h6-7,9-11,13H,5,8,12H2,1-4H3. The maximum absolute atomic E-state index is 12.1. The van der Waals surface area contributed by atoms with E-state index in [2.05, 4.69) is 13.0 Å². The molecule has 0 saturated carbocycles. The molecule has 5 nitrogen and oxygen atoms in total. The maximum atomic E-state index is 12.1. The number of fused-ring (bicyclic) bond motifs is 1. The number of hydrogen-bond donors (Lipinski definition) is 0. The van der Waals surface area contributed by atoms with Crippen molar-refractivity contribution in [3.05, 3.63) is 40.8 Å². The smallest absolute Gasteiger partial charge is 0.383 e. The second kappa shape index (κ2) is 8.43. The Hall–Kier alpha value is -2.43. The summed E-state index contributed by atoms with van der Waals surface area (Å²) in [5, 5.41) is 0.613. The molecule has 0 saturated heterocycles. The Morgan fingerprint density at radius 2 is 2.00 bits per heavy atom. The van der Waals surface area contributed by atoms with Gasteiger partial charge in [0.25, 0.3) is 0 Å². The number of benzene rings is 1. The van der Waals surface area contributed by atoms with Gasteiger partial charge in [0.2, 0.25) is 5.75 Å². The largest absolute Gasteiger partial charge is 0.490 e. The highest BCUT2D eigenvalue weighted by molar-refractivity contribution is 5.91. The first-order valence-electron chi connectivity index (χ1n) is 8.16. The topological polar surface area (TPSA) is 57.9 Å². The quantitative estimate of drug-likeness (QED) is 0.409. The Balaban J connectivity index is 2.50. The highest BCUT2D eigenvalue weighted by Crippen LogP contribution is 2.39. The third-order valence-corrected chi connectivity index (χ3v) is 3.31. The van der Waals surface area contributed by atoms with E-state index in [4.69, 9.17) is 18.6 Å². The molecule has 0 unspecified atom stereocenters. The van der Waals surface area contributed by atoms with Crippen molar-refractivity contribution in [1.82, 2.24) is 0 Å². The number of ether oxygens (including phenoxy) is 3. The molecule has 0 atom stereocenters. The lowest BCUT2D eigenvalue weighted by Gasteiger charge is -2.16. The third kappa shape index (κ3) is 4.10. The number of allylic oxidation sites excluding steroid dienone is 1. The Kier molecular flexibility index (Phi) is 6.29. The van der Waals surface area contributed by atoms with Gasteiger partial charge in [0.15, 0.2) is 5.75 Å². The van der Waals surface area contributed by atoms with Crippen molar-refractivity contribution in [2.24, 2.45) is 0 Å². The molecule has 0 aliphatic heterocycles. The van der Waals surface area contributed by atoms with E-state index in [9.17, 15) is 4.79 Å². The molecule has 0 aliphatic carbocycles. The average molecular weight is 332 g/mol.